The first-order valence-electron chi connectivity index (χ1n) is 10.3. The average molecular weight is 402 g/mol. The third-order valence-corrected chi connectivity index (χ3v) is 5.17. The van der Waals surface area contributed by atoms with Crippen LogP contribution in [-0.4, -0.2) is 29.3 Å². The zero-order valence-corrected chi connectivity index (χ0v) is 17.2. The molecule has 4 aromatic rings. The summed E-state index contributed by atoms with van der Waals surface area (Å²) < 4.78 is 11.3. The highest BCUT2D eigenvalue weighted by atomic mass is 16.5. The molecule has 0 spiro atoms. The van der Waals surface area contributed by atoms with Crippen molar-refractivity contribution in [1.29, 1.82) is 0 Å². The zero-order chi connectivity index (χ0) is 20.8. The lowest BCUT2D eigenvalue weighted by molar-refractivity contribution is 0.0606. The van der Waals surface area contributed by atoms with Gasteiger partial charge in [-0.1, -0.05) is 60.2 Å². The van der Waals surface area contributed by atoms with Gasteiger partial charge in [0.2, 0.25) is 0 Å². The molecule has 1 N–H and O–H groups in total. The number of aliphatic hydroxyl groups excluding tert-OH is 1. The Labute approximate surface area is 177 Å². The number of benzene rings is 3. The quantitative estimate of drug-likeness (QED) is 0.420. The molecule has 0 aliphatic heterocycles. The number of hydrogen-bond acceptors (Lipinski definition) is 4. The molecule has 0 aliphatic rings. The summed E-state index contributed by atoms with van der Waals surface area (Å²) in [6, 6.07) is 26.5. The van der Waals surface area contributed by atoms with Crippen molar-refractivity contribution in [2.45, 2.75) is 26.1 Å². The van der Waals surface area contributed by atoms with Gasteiger partial charge in [-0.15, -0.1) is 0 Å². The van der Waals surface area contributed by atoms with E-state index in [2.05, 4.69) is 47.4 Å². The van der Waals surface area contributed by atoms with E-state index in [-0.39, 0.29) is 6.61 Å². The Hall–Kier alpha value is -3.08. The minimum atomic E-state index is -0.615. The van der Waals surface area contributed by atoms with E-state index in [1.165, 1.54) is 21.9 Å². The van der Waals surface area contributed by atoms with Crippen LogP contribution < -0.4 is 4.74 Å². The topological polar surface area (TPSA) is 45.8 Å². The predicted molar refractivity (Wildman–Crippen MR) is 119 cm³/mol. The molecule has 1 heterocycles. The van der Waals surface area contributed by atoms with Crippen molar-refractivity contribution >= 4 is 10.8 Å². The Kier molecular flexibility index (Phi) is 6.47. The van der Waals surface area contributed by atoms with Crippen LogP contribution >= 0.6 is 0 Å². The van der Waals surface area contributed by atoms with Crippen molar-refractivity contribution in [3.05, 3.63) is 102 Å². The Morgan fingerprint density at radius 2 is 1.70 bits per heavy atom. The first-order chi connectivity index (χ1) is 14.7. The molecule has 4 nitrogen and oxygen atoms in total. The van der Waals surface area contributed by atoms with Gasteiger partial charge in [-0.3, -0.25) is 4.90 Å². The summed E-state index contributed by atoms with van der Waals surface area (Å²) in [6.07, 6.45) is 1.07. The molecule has 0 amide bonds. The van der Waals surface area contributed by atoms with Gasteiger partial charge in [0.25, 0.3) is 0 Å². The molecule has 3 aromatic carbocycles. The Bertz CT molecular complexity index is 1050. The summed E-state index contributed by atoms with van der Waals surface area (Å²) in [5, 5.41) is 13.1. The summed E-state index contributed by atoms with van der Waals surface area (Å²) in [6.45, 7) is 4.10. The lowest BCUT2D eigenvalue weighted by Crippen LogP contribution is -2.35. The minimum absolute atomic E-state index is 0.243. The Balaban J connectivity index is 1.45. The average Bonchev–Trinajstić information content (AvgIpc) is 3.27. The summed E-state index contributed by atoms with van der Waals surface area (Å²) in [5.41, 5.74) is 2.41. The van der Waals surface area contributed by atoms with Gasteiger partial charge in [-0.25, -0.2) is 0 Å². The lowest BCUT2D eigenvalue weighted by Gasteiger charge is -2.25. The van der Waals surface area contributed by atoms with E-state index >= 15 is 0 Å². The zero-order valence-electron chi connectivity index (χ0n) is 17.2. The third kappa shape index (κ3) is 5.29. The van der Waals surface area contributed by atoms with Gasteiger partial charge in [-0.05, 0) is 47.5 Å². The summed E-state index contributed by atoms with van der Waals surface area (Å²) in [5.74, 6) is 1.65. The van der Waals surface area contributed by atoms with Gasteiger partial charge < -0.3 is 14.3 Å². The van der Waals surface area contributed by atoms with Crippen LogP contribution in [-0.2, 0) is 13.1 Å². The molecule has 1 atom stereocenters. The van der Waals surface area contributed by atoms with Crippen LogP contribution in [0.5, 0.6) is 5.75 Å². The molecule has 4 heteroatoms. The van der Waals surface area contributed by atoms with Crippen LogP contribution in [0.25, 0.3) is 10.8 Å². The molecule has 0 aliphatic carbocycles. The smallest absolute Gasteiger partial charge is 0.119 e. The Morgan fingerprint density at radius 3 is 2.50 bits per heavy atom. The van der Waals surface area contributed by atoms with Gasteiger partial charge in [-0.2, -0.15) is 0 Å². The first-order valence-corrected chi connectivity index (χ1v) is 10.3. The second-order valence-corrected chi connectivity index (χ2v) is 7.67. The van der Waals surface area contributed by atoms with E-state index in [0.717, 1.165) is 11.5 Å². The lowest BCUT2D eigenvalue weighted by atomic mass is 10.0. The normalized spacial score (nSPS) is 12.4. The van der Waals surface area contributed by atoms with Crippen LogP contribution in [0.1, 0.15) is 16.9 Å². The molecule has 0 bridgehead atoms. The number of rotatable bonds is 9. The van der Waals surface area contributed by atoms with Crippen molar-refractivity contribution in [3.8, 4) is 5.75 Å². The van der Waals surface area contributed by atoms with Crippen LogP contribution in [0.4, 0.5) is 0 Å². The van der Waals surface area contributed by atoms with Crippen LogP contribution in [0.3, 0.4) is 0 Å². The van der Waals surface area contributed by atoms with Gasteiger partial charge >= 0.3 is 0 Å². The first kappa shape index (κ1) is 20.2. The molecule has 0 fully saturated rings. The van der Waals surface area contributed by atoms with Crippen molar-refractivity contribution < 1.29 is 14.3 Å². The molecule has 30 heavy (non-hydrogen) atoms. The molecule has 4 rings (SSSR count). The molecule has 1 aromatic heterocycles. The highest BCUT2D eigenvalue weighted by Crippen LogP contribution is 2.21. The van der Waals surface area contributed by atoms with Gasteiger partial charge in [0.05, 0.1) is 12.8 Å². The molecule has 1 unspecified atom stereocenters. The van der Waals surface area contributed by atoms with Crippen LogP contribution in [0.15, 0.2) is 89.5 Å². The van der Waals surface area contributed by atoms with Crippen LogP contribution in [0, 0.1) is 6.92 Å². The van der Waals surface area contributed by atoms with E-state index < -0.39 is 6.10 Å². The monoisotopic (exact) mass is 401 g/mol. The fraction of sp³-hybridized carbons (Fsp3) is 0.231. The summed E-state index contributed by atoms with van der Waals surface area (Å²) in [4.78, 5) is 2.20. The van der Waals surface area contributed by atoms with Crippen molar-refractivity contribution in [2.75, 3.05) is 13.2 Å². The molecule has 154 valence electrons. The Morgan fingerprint density at radius 1 is 0.900 bits per heavy atom. The van der Waals surface area contributed by atoms with Gasteiger partial charge in [0, 0.05) is 13.1 Å². The highest BCUT2D eigenvalue weighted by Gasteiger charge is 2.16. The number of aliphatic hydroxyl groups is 1. The number of ether oxygens (including phenoxy) is 1. The fourth-order valence-corrected chi connectivity index (χ4v) is 3.66. The number of aryl methyl sites for hydroxylation is 1. The SMILES string of the molecule is Cc1ccc(OCC(O)CN(Cc2ccco2)Cc2cccc3ccccc23)cc1. The van der Waals surface area contributed by atoms with Crippen molar-refractivity contribution in [3.63, 3.8) is 0 Å². The van der Waals surface area contributed by atoms with E-state index in [9.17, 15) is 5.11 Å². The number of hydrogen-bond donors (Lipinski definition) is 1. The maximum absolute atomic E-state index is 10.7. The predicted octanol–water partition coefficient (Wildman–Crippen LogP) is 5.18. The van der Waals surface area contributed by atoms with E-state index in [4.69, 9.17) is 9.15 Å². The van der Waals surface area contributed by atoms with E-state index in [0.29, 0.717) is 19.6 Å². The van der Waals surface area contributed by atoms with E-state index in [1.54, 1.807) is 6.26 Å². The fourth-order valence-electron chi connectivity index (χ4n) is 3.66. The second-order valence-electron chi connectivity index (χ2n) is 7.67. The number of fused-ring (bicyclic) bond motifs is 1. The molecule has 0 radical (unpaired) electrons. The summed E-state index contributed by atoms with van der Waals surface area (Å²) >= 11 is 0. The third-order valence-electron chi connectivity index (χ3n) is 5.17. The second kappa shape index (κ2) is 9.61. The minimum Gasteiger partial charge on any atom is -0.491 e. The number of nitrogens with zero attached hydrogens (tertiary/aromatic N) is 1. The maximum atomic E-state index is 10.7. The van der Waals surface area contributed by atoms with Gasteiger partial charge in [0.1, 0.15) is 24.2 Å². The van der Waals surface area contributed by atoms with Crippen molar-refractivity contribution in [1.82, 2.24) is 4.90 Å². The largest absolute Gasteiger partial charge is 0.491 e. The van der Waals surface area contributed by atoms with Gasteiger partial charge in [0.15, 0.2) is 0 Å². The highest BCUT2D eigenvalue weighted by molar-refractivity contribution is 5.85. The molecule has 0 saturated heterocycles. The molecular formula is C26H27NO3. The maximum Gasteiger partial charge on any atom is 0.119 e. The van der Waals surface area contributed by atoms with E-state index in [1.807, 2.05) is 43.3 Å². The van der Waals surface area contributed by atoms with Crippen molar-refractivity contribution in [2.24, 2.45) is 0 Å². The summed E-state index contributed by atoms with van der Waals surface area (Å²) in [7, 11) is 0. The number of furan rings is 1. The molecular weight excluding hydrogens is 374 g/mol. The van der Waals surface area contributed by atoms with Crippen LogP contribution in [0.2, 0.25) is 0 Å². The molecule has 0 saturated carbocycles. The standard InChI is InChI=1S/C26H27NO3/c1-20-11-13-24(14-12-20)30-19-23(28)17-27(18-25-9-5-15-29-25)16-22-8-4-7-21-6-2-3-10-26(21)22/h2-15,23,28H,16-19H2,1H3.